The summed E-state index contributed by atoms with van der Waals surface area (Å²) >= 11 is 0. The molecule has 1 saturated carbocycles. The third-order valence-electron chi connectivity index (χ3n) is 4.11. The van der Waals surface area contributed by atoms with E-state index in [0.29, 0.717) is 17.5 Å². The molecule has 3 rings (SSSR count). The van der Waals surface area contributed by atoms with Crippen LogP contribution in [0.1, 0.15) is 25.7 Å². The summed E-state index contributed by atoms with van der Waals surface area (Å²) < 4.78 is 12.7. The Balaban J connectivity index is 1.62. The summed E-state index contributed by atoms with van der Waals surface area (Å²) in [6.07, 6.45) is 6.38. The zero-order valence-corrected chi connectivity index (χ0v) is 10.8. The number of hydrogen-bond acceptors (Lipinski definition) is 2. The van der Waals surface area contributed by atoms with E-state index < -0.39 is 5.95 Å². The minimum atomic E-state index is -0.537. The van der Waals surface area contributed by atoms with Gasteiger partial charge in [0.2, 0.25) is 5.95 Å². The fraction of sp³-hybridized carbons (Fsp3) is 0.571. The van der Waals surface area contributed by atoms with E-state index in [1.54, 1.807) is 0 Å². The minimum absolute atomic E-state index is 0.0926. The molecule has 2 bridgehead atoms. The van der Waals surface area contributed by atoms with Gasteiger partial charge in [-0.3, -0.25) is 0 Å². The number of amides is 2. The van der Waals surface area contributed by atoms with E-state index in [-0.39, 0.29) is 6.03 Å². The second-order valence-electron chi connectivity index (χ2n) is 5.60. The fourth-order valence-electron chi connectivity index (χ4n) is 3.25. The molecule has 1 aliphatic carbocycles. The smallest absolute Gasteiger partial charge is 0.321 e. The predicted molar refractivity (Wildman–Crippen MR) is 70.2 cm³/mol. The van der Waals surface area contributed by atoms with Crippen molar-refractivity contribution in [2.24, 2.45) is 11.8 Å². The van der Waals surface area contributed by atoms with Crippen molar-refractivity contribution in [1.29, 1.82) is 0 Å². The lowest BCUT2D eigenvalue weighted by atomic mass is 9.78. The number of aromatic nitrogens is 1. The Bertz CT molecular complexity index is 450. The molecule has 0 radical (unpaired) electrons. The molecule has 2 fully saturated rings. The first-order valence-corrected chi connectivity index (χ1v) is 6.88. The van der Waals surface area contributed by atoms with Crippen LogP contribution in [0.2, 0.25) is 0 Å². The normalized spacial score (nSPS) is 26.1. The first-order chi connectivity index (χ1) is 9.20. The molecule has 19 heavy (non-hydrogen) atoms. The van der Waals surface area contributed by atoms with Crippen molar-refractivity contribution in [2.45, 2.75) is 25.7 Å². The van der Waals surface area contributed by atoms with Gasteiger partial charge < -0.3 is 10.2 Å². The number of urea groups is 1. The highest BCUT2D eigenvalue weighted by Crippen LogP contribution is 2.34. The van der Waals surface area contributed by atoms with Gasteiger partial charge in [-0.2, -0.15) is 4.39 Å². The lowest BCUT2D eigenvalue weighted by Crippen LogP contribution is -2.47. The topological polar surface area (TPSA) is 45.2 Å². The van der Waals surface area contributed by atoms with Gasteiger partial charge in [0, 0.05) is 13.1 Å². The van der Waals surface area contributed by atoms with Crippen LogP contribution in [-0.2, 0) is 0 Å². The molecule has 1 aromatic rings. The molecule has 2 aliphatic rings. The van der Waals surface area contributed by atoms with Crippen LogP contribution in [0.5, 0.6) is 0 Å². The molecule has 1 saturated heterocycles. The van der Waals surface area contributed by atoms with Crippen LogP contribution in [0.25, 0.3) is 0 Å². The molecule has 2 heterocycles. The fourth-order valence-corrected chi connectivity index (χ4v) is 3.25. The van der Waals surface area contributed by atoms with Crippen molar-refractivity contribution in [1.82, 2.24) is 9.88 Å². The van der Waals surface area contributed by atoms with Gasteiger partial charge >= 0.3 is 6.03 Å². The second-order valence-corrected chi connectivity index (χ2v) is 5.60. The summed E-state index contributed by atoms with van der Waals surface area (Å²) in [6, 6.07) is 2.69. The van der Waals surface area contributed by atoms with Crippen LogP contribution < -0.4 is 5.32 Å². The van der Waals surface area contributed by atoms with E-state index in [9.17, 15) is 9.18 Å². The van der Waals surface area contributed by atoms with E-state index in [2.05, 4.69) is 10.3 Å². The van der Waals surface area contributed by atoms with Gasteiger partial charge in [-0.1, -0.05) is 6.42 Å². The summed E-state index contributed by atoms with van der Waals surface area (Å²) in [5.41, 5.74) is 0.544. The number of hydrogen-bond donors (Lipinski definition) is 1. The second kappa shape index (κ2) is 5.15. The van der Waals surface area contributed by atoms with Crippen molar-refractivity contribution < 1.29 is 9.18 Å². The molecular formula is C14H18FN3O. The maximum absolute atomic E-state index is 12.7. The number of halogens is 1. The molecule has 1 aromatic heterocycles. The van der Waals surface area contributed by atoms with E-state index in [1.807, 2.05) is 4.90 Å². The Hall–Kier alpha value is -1.65. The molecule has 1 aliphatic heterocycles. The Labute approximate surface area is 112 Å². The first-order valence-electron chi connectivity index (χ1n) is 6.88. The summed E-state index contributed by atoms with van der Waals surface area (Å²) in [5, 5.41) is 2.79. The third-order valence-corrected chi connectivity index (χ3v) is 4.11. The van der Waals surface area contributed by atoms with E-state index in [0.717, 1.165) is 13.1 Å². The Morgan fingerprint density at radius 1 is 1.32 bits per heavy atom. The zero-order valence-electron chi connectivity index (χ0n) is 10.8. The zero-order chi connectivity index (χ0) is 13.2. The molecular weight excluding hydrogens is 245 g/mol. The van der Waals surface area contributed by atoms with Crippen molar-refractivity contribution in [3.05, 3.63) is 24.3 Å². The quantitative estimate of drug-likeness (QED) is 0.792. The van der Waals surface area contributed by atoms with Crippen molar-refractivity contribution >= 4 is 11.7 Å². The molecule has 0 spiro atoms. The molecule has 5 heteroatoms. The van der Waals surface area contributed by atoms with Gasteiger partial charge in [0.1, 0.15) is 0 Å². The average Bonchev–Trinajstić information content (AvgIpc) is 2.41. The van der Waals surface area contributed by atoms with Gasteiger partial charge in [-0.15, -0.1) is 0 Å². The van der Waals surface area contributed by atoms with E-state index in [4.69, 9.17) is 0 Å². The number of nitrogens with one attached hydrogen (secondary N) is 1. The van der Waals surface area contributed by atoms with Crippen LogP contribution in [0.15, 0.2) is 18.3 Å². The number of pyridine rings is 1. The number of anilines is 1. The number of fused-ring (bicyclic) bond motifs is 2. The number of likely N-dealkylation sites (tertiary alicyclic amines) is 1. The maximum atomic E-state index is 12.7. The van der Waals surface area contributed by atoms with Crippen LogP contribution in [0.3, 0.4) is 0 Å². The van der Waals surface area contributed by atoms with Gasteiger partial charge in [0.15, 0.2) is 0 Å². The van der Waals surface area contributed by atoms with Gasteiger partial charge in [0.25, 0.3) is 0 Å². The van der Waals surface area contributed by atoms with E-state index in [1.165, 1.54) is 44.0 Å². The van der Waals surface area contributed by atoms with Crippen LogP contribution in [-0.4, -0.2) is 29.0 Å². The molecule has 1 N–H and O–H groups in total. The highest BCUT2D eigenvalue weighted by Gasteiger charge is 2.32. The van der Waals surface area contributed by atoms with Gasteiger partial charge in [0.05, 0.1) is 11.9 Å². The molecule has 4 nitrogen and oxygen atoms in total. The highest BCUT2D eigenvalue weighted by molar-refractivity contribution is 5.89. The van der Waals surface area contributed by atoms with Gasteiger partial charge in [-0.25, -0.2) is 9.78 Å². The molecule has 0 aromatic carbocycles. The number of carbonyl (C=O) groups is 1. The largest absolute Gasteiger partial charge is 0.324 e. The Morgan fingerprint density at radius 3 is 2.68 bits per heavy atom. The van der Waals surface area contributed by atoms with Gasteiger partial charge in [-0.05, 0) is 43.2 Å². The number of nitrogens with zero attached hydrogens (tertiary/aromatic N) is 2. The van der Waals surface area contributed by atoms with Crippen LogP contribution >= 0.6 is 0 Å². The number of carbonyl (C=O) groups excluding carboxylic acids is 1. The standard InChI is InChI=1S/C14H18FN3O/c15-13-5-4-12(7-16-13)17-14(19)18-8-10-2-1-3-11(6-10)9-18/h4-5,7,10-11H,1-3,6,8-9H2,(H,17,19). The summed E-state index contributed by atoms with van der Waals surface area (Å²) in [6.45, 7) is 1.69. The Kier molecular flexibility index (Phi) is 3.36. The maximum Gasteiger partial charge on any atom is 0.321 e. The van der Waals surface area contributed by atoms with E-state index >= 15 is 0 Å². The summed E-state index contributed by atoms with van der Waals surface area (Å²) in [4.78, 5) is 17.6. The molecule has 2 atom stereocenters. The van der Waals surface area contributed by atoms with Crippen LogP contribution in [0, 0.1) is 17.8 Å². The van der Waals surface area contributed by atoms with Crippen molar-refractivity contribution in [2.75, 3.05) is 18.4 Å². The summed E-state index contributed by atoms with van der Waals surface area (Å²) in [7, 11) is 0. The Morgan fingerprint density at radius 2 is 2.05 bits per heavy atom. The van der Waals surface area contributed by atoms with Crippen molar-refractivity contribution in [3.8, 4) is 0 Å². The average molecular weight is 263 g/mol. The monoisotopic (exact) mass is 263 g/mol. The van der Waals surface area contributed by atoms with Crippen molar-refractivity contribution in [3.63, 3.8) is 0 Å². The van der Waals surface area contributed by atoms with Crippen LogP contribution in [0.4, 0.5) is 14.9 Å². The third kappa shape index (κ3) is 2.85. The predicted octanol–water partition coefficient (Wildman–Crippen LogP) is 2.87. The molecule has 2 amide bonds. The minimum Gasteiger partial charge on any atom is -0.324 e. The first kappa shape index (κ1) is 12.4. The number of rotatable bonds is 1. The highest BCUT2D eigenvalue weighted by atomic mass is 19.1. The molecule has 2 unspecified atom stereocenters. The molecule has 102 valence electrons. The SMILES string of the molecule is O=C(Nc1ccc(F)nc1)N1CC2CCCC(C2)C1. The number of piperidine rings is 1. The summed E-state index contributed by atoms with van der Waals surface area (Å²) in [5.74, 6) is 0.777. The lowest BCUT2D eigenvalue weighted by Gasteiger charge is -2.41. The lowest BCUT2D eigenvalue weighted by molar-refractivity contribution is 0.110.